The van der Waals surface area contributed by atoms with E-state index >= 15 is 0 Å². The van der Waals surface area contributed by atoms with Gasteiger partial charge in [0.25, 0.3) is 0 Å². The van der Waals surface area contributed by atoms with E-state index in [9.17, 15) is 14.7 Å². The monoisotopic (exact) mass is 246 g/mol. The van der Waals surface area contributed by atoms with Crippen LogP contribution in [0.1, 0.15) is 33.1 Å². The van der Waals surface area contributed by atoms with Crippen molar-refractivity contribution in [1.82, 2.24) is 0 Å². The lowest BCUT2D eigenvalue weighted by Gasteiger charge is -2.33. The number of hydrogen-bond acceptors (Lipinski definition) is 6. The maximum Gasteiger partial charge on any atom is 0.305 e. The second kappa shape index (κ2) is 6.56. The molecule has 1 aliphatic heterocycles. The van der Waals surface area contributed by atoms with Crippen LogP contribution in [0.4, 0.5) is 0 Å². The molecule has 0 aliphatic carbocycles. The van der Waals surface area contributed by atoms with Crippen molar-refractivity contribution in [3.05, 3.63) is 0 Å². The predicted octanol–water partition coefficient (Wildman–Crippen LogP) is 0.369. The Morgan fingerprint density at radius 1 is 1.18 bits per heavy atom. The number of esters is 2. The van der Waals surface area contributed by atoms with Crippen molar-refractivity contribution in [1.29, 1.82) is 0 Å². The van der Waals surface area contributed by atoms with Gasteiger partial charge in [-0.2, -0.15) is 0 Å². The van der Waals surface area contributed by atoms with Gasteiger partial charge in [0, 0.05) is 19.3 Å². The molecule has 0 radical (unpaired) electrons. The summed E-state index contributed by atoms with van der Waals surface area (Å²) in [7, 11) is 0. The van der Waals surface area contributed by atoms with Crippen LogP contribution in [-0.4, -0.2) is 42.1 Å². The van der Waals surface area contributed by atoms with Crippen molar-refractivity contribution in [2.24, 2.45) is 0 Å². The fraction of sp³-hybridized carbons (Fsp3) is 0.818. The molecular weight excluding hydrogens is 228 g/mol. The van der Waals surface area contributed by atoms with E-state index in [1.165, 1.54) is 0 Å². The fourth-order valence-electron chi connectivity index (χ4n) is 1.47. The summed E-state index contributed by atoms with van der Waals surface area (Å²) in [5.41, 5.74) is 0. The lowest BCUT2D eigenvalue weighted by atomic mass is 10.1. The van der Waals surface area contributed by atoms with Crippen LogP contribution in [0, 0.1) is 0 Å². The molecule has 0 aromatic carbocycles. The van der Waals surface area contributed by atoms with Gasteiger partial charge in [0.1, 0.15) is 6.10 Å². The first-order valence-electron chi connectivity index (χ1n) is 5.75. The molecule has 1 N–H and O–H groups in total. The van der Waals surface area contributed by atoms with E-state index in [0.717, 1.165) is 0 Å². The zero-order chi connectivity index (χ0) is 12.8. The van der Waals surface area contributed by atoms with Crippen molar-refractivity contribution < 1.29 is 28.9 Å². The average Bonchev–Trinajstić information content (AvgIpc) is 2.32. The van der Waals surface area contributed by atoms with Crippen LogP contribution in [0.2, 0.25) is 0 Å². The first kappa shape index (κ1) is 13.9. The molecule has 1 aliphatic rings. The Kier molecular flexibility index (Phi) is 5.37. The predicted molar refractivity (Wildman–Crippen MR) is 56.9 cm³/mol. The highest BCUT2D eigenvalue weighted by Crippen LogP contribution is 2.19. The zero-order valence-electron chi connectivity index (χ0n) is 10.0. The maximum absolute atomic E-state index is 11.2. The Labute approximate surface area is 99.8 Å². The molecule has 6 heteroatoms. The third-order valence-corrected chi connectivity index (χ3v) is 2.44. The first-order valence-corrected chi connectivity index (χ1v) is 5.75. The number of carbonyl (C=O) groups excluding carboxylic acids is 2. The van der Waals surface area contributed by atoms with E-state index in [1.807, 2.05) is 0 Å². The highest BCUT2D eigenvalue weighted by Gasteiger charge is 2.35. The number of aliphatic hydroxyl groups excluding tert-OH is 1. The van der Waals surface area contributed by atoms with Crippen molar-refractivity contribution in [3.8, 4) is 0 Å². The van der Waals surface area contributed by atoms with Gasteiger partial charge in [-0.1, -0.05) is 13.8 Å². The minimum absolute atomic E-state index is 0.0363. The van der Waals surface area contributed by atoms with Crippen molar-refractivity contribution in [3.63, 3.8) is 0 Å². The van der Waals surface area contributed by atoms with Gasteiger partial charge >= 0.3 is 11.9 Å². The number of rotatable bonds is 4. The molecule has 0 saturated carbocycles. The van der Waals surface area contributed by atoms with Crippen LogP contribution in [0.15, 0.2) is 0 Å². The summed E-state index contributed by atoms with van der Waals surface area (Å²) in [6, 6.07) is 0. The molecule has 1 heterocycles. The van der Waals surface area contributed by atoms with Crippen LogP contribution in [-0.2, 0) is 23.8 Å². The lowest BCUT2D eigenvalue weighted by molar-refractivity contribution is -0.218. The molecule has 1 saturated heterocycles. The van der Waals surface area contributed by atoms with Gasteiger partial charge in [-0.05, 0) is 0 Å². The lowest BCUT2D eigenvalue weighted by Crippen LogP contribution is -2.46. The van der Waals surface area contributed by atoms with Crippen LogP contribution in [0.25, 0.3) is 0 Å². The van der Waals surface area contributed by atoms with E-state index in [0.29, 0.717) is 0 Å². The zero-order valence-corrected chi connectivity index (χ0v) is 10.0. The second-order valence-electron chi connectivity index (χ2n) is 3.79. The van der Waals surface area contributed by atoms with Crippen LogP contribution in [0.3, 0.4) is 0 Å². The number of carbonyl (C=O) groups is 2. The smallest absolute Gasteiger partial charge is 0.305 e. The minimum atomic E-state index is -0.985. The van der Waals surface area contributed by atoms with Crippen molar-refractivity contribution in [2.75, 3.05) is 6.61 Å². The van der Waals surface area contributed by atoms with Gasteiger partial charge in [-0.25, -0.2) is 0 Å². The Morgan fingerprint density at radius 2 is 1.71 bits per heavy atom. The summed E-state index contributed by atoms with van der Waals surface area (Å²) < 4.78 is 15.2. The summed E-state index contributed by atoms with van der Waals surface area (Å²) in [5, 5.41) is 9.32. The van der Waals surface area contributed by atoms with Gasteiger partial charge in [0.05, 0.1) is 6.61 Å². The molecule has 0 spiro atoms. The molecule has 17 heavy (non-hydrogen) atoms. The minimum Gasteiger partial charge on any atom is -0.458 e. The number of hydrogen-bond donors (Lipinski definition) is 1. The van der Waals surface area contributed by atoms with Crippen LogP contribution in [0.5, 0.6) is 0 Å². The number of ether oxygens (including phenoxy) is 3. The number of aliphatic hydroxyl groups is 1. The Bertz CT molecular complexity index is 277. The third kappa shape index (κ3) is 4.32. The molecule has 0 aromatic heterocycles. The molecule has 0 amide bonds. The molecule has 3 atom stereocenters. The van der Waals surface area contributed by atoms with Crippen LogP contribution < -0.4 is 0 Å². The van der Waals surface area contributed by atoms with E-state index < -0.39 is 18.5 Å². The Hall–Kier alpha value is -1.14. The quantitative estimate of drug-likeness (QED) is 0.722. The Morgan fingerprint density at radius 3 is 2.24 bits per heavy atom. The summed E-state index contributed by atoms with van der Waals surface area (Å²) in [6.07, 6.45) is -1.66. The summed E-state index contributed by atoms with van der Waals surface area (Å²) in [6.45, 7) is 3.38. The molecule has 98 valence electrons. The highest BCUT2D eigenvalue weighted by atomic mass is 16.6. The topological polar surface area (TPSA) is 82.1 Å². The van der Waals surface area contributed by atoms with Gasteiger partial charge in [0.15, 0.2) is 12.4 Å². The van der Waals surface area contributed by atoms with Gasteiger partial charge in [-0.3, -0.25) is 9.59 Å². The van der Waals surface area contributed by atoms with Crippen LogP contribution >= 0.6 is 0 Å². The molecule has 0 aromatic rings. The summed E-state index contributed by atoms with van der Waals surface area (Å²) in [4.78, 5) is 22.4. The molecule has 0 bridgehead atoms. The van der Waals surface area contributed by atoms with E-state index in [1.54, 1.807) is 13.8 Å². The SMILES string of the molecule is CCC(=O)O[C@H]1C[C@H](O)OC[C@H]1OC(=O)CC. The van der Waals surface area contributed by atoms with E-state index in [2.05, 4.69) is 0 Å². The fourth-order valence-corrected chi connectivity index (χ4v) is 1.47. The molecule has 1 fully saturated rings. The highest BCUT2D eigenvalue weighted by molar-refractivity contribution is 5.70. The molecule has 6 nitrogen and oxygen atoms in total. The third-order valence-electron chi connectivity index (χ3n) is 2.44. The largest absolute Gasteiger partial charge is 0.458 e. The maximum atomic E-state index is 11.2. The standard InChI is InChI=1S/C11H18O6/c1-3-9(12)16-7-5-11(14)15-6-8(7)17-10(13)4-2/h7-8,11,14H,3-6H2,1-2H3/t7-,8+,11+/m0/s1. The second-order valence-corrected chi connectivity index (χ2v) is 3.79. The Balaban J connectivity index is 2.57. The average molecular weight is 246 g/mol. The first-order chi connectivity index (χ1) is 8.06. The van der Waals surface area contributed by atoms with E-state index in [4.69, 9.17) is 14.2 Å². The molecule has 0 unspecified atom stereocenters. The van der Waals surface area contributed by atoms with Gasteiger partial charge in [-0.15, -0.1) is 0 Å². The molecule has 1 rings (SSSR count). The van der Waals surface area contributed by atoms with E-state index in [-0.39, 0.29) is 37.8 Å². The van der Waals surface area contributed by atoms with Gasteiger partial charge < -0.3 is 19.3 Å². The summed E-state index contributed by atoms with van der Waals surface area (Å²) in [5.74, 6) is -0.769. The molecular formula is C11H18O6. The van der Waals surface area contributed by atoms with Gasteiger partial charge in [0.2, 0.25) is 0 Å². The summed E-state index contributed by atoms with van der Waals surface area (Å²) >= 11 is 0. The van der Waals surface area contributed by atoms with Crippen molar-refractivity contribution in [2.45, 2.75) is 51.6 Å². The van der Waals surface area contributed by atoms with Crippen molar-refractivity contribution >= 4 is 11.9 Å². The normalized spacial score (nSPS) is 28.5.